The Kier molecular flexibility index (Phi) is 5.31. The highest BCUT2D eigenvalue weighted by molar-refractivity contribution is 5.98. The van der Waals surface area contributed by atoms with Crippen LogP contribution < -0.4 is 0 Å². The van der Waals surface area contributed by atoms with Crippen molar-refractivity contribution in [3.8, 4) is 0 Å². The van der Waals surface area contributed by atoms with E-state index < -0.39 is 0 Å². The van der Waals surface area contributed by atoms with Gasteiger partial charge in [-0.15, -0.1) is 0 Å². The van der Waals surface area contributed by atoms with E-state index in [1.807, 2.05) is 4.90 Å². The molecular formula is C18H24N4O3. The summed E-state index contributed by atoms with van der Waals surface area (Å²) in [6, 6.07) is 3.23. The fourth-order valence-corrected chi connectivity index (χ4v) is 3.27. The number of hydrogen-bond donors (Lipinski definition) is 0. The highest BCUT2D eigenvalue weighted by atomic mass is 16.2. The Morgan fingerprint density at radius 3 is 2.32 bits per heavy atom. The van der Waals surface area contributed by atoms with Crippen molar-refractivity contribution in [2.24, 2.45) is 5.92 Å². The molecule has 7 heteroatoms. The van der Waals surface area contributed by atoms with E-state index in [-0.39, 0.29) is 11.8 Å². The molecule has 7 nitrogen and oxygen atoms in total. The van der Waals surface area contributed by atoms with E-state index in [1.165, 1.54) is 6.20 Å². The number of hydrogen-bond acceptors (Lipinski definition) is 4. The van der Waals surface area contributed by atoms with Gasteiger partial charge in [0.1, 0.15) is 5.69 Å². The number of nitrogens with zero attached hydrogens (tertiary/aromatic N) is 4. The minimum atomic E-state index is -0.116. The van der Waals surface area contributed by atoms with Gasteiger partial charge in [-0.25, -0.2) is 0 Å². The van der Waals surface area contributed by atoms with E-state index in [2.05, 4.69) is 11.9 Å². The Morgan fingerprint density at radius 1 is 1.04 bits per heavy atom. The molecule has 3 rings (SSSR count). The lowest BCUT2D eigenvalue weighted by atomic mass is 9.99. The van der Waals surface area contributed by atoms with Crippen LogP contribution in [0.5, 0.6) is 0 Å². The third-order valence-corrected chi connectivity index (χ3v) is 5.05. The molecule has 2 fully saturated rings. The minimum absolute atomic E-state index is 0.104. The first kappa shape index (κ1) is 17.4. The van der Waals surface area contributed by atoms with Gasteiger partial charge < -0.3 is 14.7 Å². The number of likely N-dealkylation sites (tertiary alicyclic amines) is 1. The zero-order valence-electron chi connectivity index (χ0n) is 14.6. The Labute approximate surface area is 147 Å². The molecule has 3 heterocycles. The van der Waals surface area contributed by atoms with Crippen LogP contribution in [0.3, 0.4) is 0 Å². The Balaban J connectivity index is 1.67. The predicted octanol–water partition coefficient (Wildman–Crippen LogP) is 0.868. The molecule has 0 unspecified atom stereocenters. The SMILES string of the molecule is CC1CCN(C(=O)c2cc(C(=O)N3CCN(C=O)CC3)ccn2)CC1. The maximum Gasteiger partial charge on any atom is 0.272 e. The Bertz CT molecular complexity index is 647. The van der Waals surface area contributed by atoms with Gasteiger partial charge in [0.15, 0.2) is 0 Å². The summed E-state index contributed by atoms with van der Waals surface area (Å²) in [5.74, 6) is 0.427. The van der Waals surface area contributed by atoms with E-state index in [1.54, 1.807) is 21.9 Å². The number of piperidine rings is 1. The Morgan fingerprint density at radius 2 is 1.68 bits per heavy atom. The number of aromatic nitrogens is 1. The zero-order valence-corrected chi connectivity index (χ0v) is 14.6. The number of pyridine rings is 1. The summed E-state index contributed by atoms with van der Waals surface area (Å²) < 4.78 is 0. The standard InChI is InChI=1S/C18H24N4O3/c1-14-3-6-21(7-4-14)18(25)16-12-15(2-5-19-16)17(24)22-10-8-20(13-23)9-11-22/h2,5,12-14H,3-4,6-11H2,1H3. The van der Waals surface area contributed by atoms with Crippen molar-refractivity contribution in [3.05, 3.63) is 29.6 Å². The topological polar surface area (TPSA) is 73.8 Å². The van der Waals surface area contributed by atoms with Gasteiger partial charge in [0, 0.05) is 51.0 Å². The van der Waals surface area contributed by atoms with Crippen LogP contribution in [-0.2, 0) is 4.79 Å². The average molecular weight is 344 g/mol. The van der Waals surface area contributed by atoms with Crippen LogP contribution in [0.25, 0.3) is 0 Å². The summed E-state index contributed by atoms with van der Waals surface area (Å²) in [5, 5.41) is 0. The maximum atomic E-state index is 12.7. The first-order valence-electron chi connectivity index (χ1n) is 8.82. The molecule has 0 radical (unpaired) electrons. The fraction of sp³-hybridized carbons (Fsp3) is 0.556. The number of piperazine rings is 1. The largest absolute Gasteiger partial charge is 0.342 e. The second-order valence-electron chi connectivity index (χ2n) is 6.84. The summed E-state index contributed by atoms with van der Waals surface area (Å²) >= 11 is 0. The van der Waals surface area contributed by atoms with E-state index in [4.69, 9.17) is 0 Å². The van der Waals surface area contributed by atoms with Gasteiger partial charge in [-0.3, -0.25) is 19.4 Å². The van der Waals surface area contributed by atoms with Crippen LogP contribution in [0.2, 0.25) is 0 Å². The molecule has 0 atom stereocenters. The van der Waals surface area contributed by atoms with Crippen LogP contribution in [0.4, 0.5) is 0 Å². The molecule has 1 aromatic rings. The maximum absolute atomic E-state index is 12.7. The molecule has 2 aliphatic heterocycles. The normalized spacial score (nSPS) is 19.0. The first-order chi connectivity index (χ1) is 12.1. The van der Waals surface area contributed by atoms with Gasteiger partial charge in [0.2, 0.25) is 6.41 Å². The van der Waals surface area contributed by atoms with Gasteiger partial charge in [0.05, 0.1) is 0 Å². The van der Waals surface area contributed by atoms with E-state index >= 15 is 0 Å². The van der Waals surface area contributed by atoms with Crippen LogP contribution in [0, 0.1) is 5.92 Å². The minimum Gasteiger partial charge on any atom is -0.342 e. The molecule has 2 saturated heterocycles. The molecule has 3 amide bonds. The van der Waals surface area contributed by atoms with Gasteiger partial charge >= 0.3 is 0 Å². The van der Waals surface area contributed by atoms with Crippen molar-refractivity contribution in [2.75, 3.05) is 39.3 Å². The van der Waals surface area contributed by atoms with Gasteiger partial charge in [-0.1, -0.05) is 6.92 Å². The highest BCUT2D eigenvalue weighted by Gasteiger charge is 2.25. The molecule has 0 bridgehead atoms. The molecule has 2 aliphatic rings. The number of carbonyl (C=O) groups excluding carboxylic acids is 3. The highest BCUT2D eigenvalue weighted by Crippen LogP contribution is 2.18. The molecule has 1 aromatic heterocycles. The third-order valence-electron chi connectivity index (χ3n) is 5.05. The molecule has 134 valence electrons. The third kappa shape index (κ3) is 3.97. The molecule has 25 heavy (non-hydrogen) atoms. The second-order valence-corrected chi connectivity index (χ2v) is 6.84. The van der Waals surface area contributed by atoms with Crippen LogP contribution in [0.15, 0.2) is 18.3 Å². The fourth-order valence-electron chi connectivity index (χ4n) is 3.27. The van der Waals surface area contributed by atoms with Crippen molar-refractivity contribution in [3.63, 3.8) is 0 Å². The van der Waals surface area contributed by atoms with Crippen LogP contribution in [0.1, 0.15) is 40.6 Å². The summed E-state index contributed by atoms with van der Waals surface area (Å²) in [6.45, 7) is 5.78. The van der Waals surface area contributed by atoms with Crippen molar-refractivity contribution in [2.45, 2.75) is 19.8 Å². The summed E-state index contributed by atoms with van der Waals surface area (Å²) in [5.41, 5.74) is 0.801. The number of rotatable bonds is 3. The van der Waals surface area contributed by atoms with Gasteiger partial charge in [-0.2, -0.15) is 0 Å². The van der Waals surface area contributed by atoms with Crippen molar-refractivity contribution in [1.29, 1.82) is 0 Å². The zero-order chi connectivity index (χ0) is 17.8. The molecule has 0 aromatic carbocycles. The molecule has 0 N–H and O–H groups in total. The number of amides is 3. The lowest BCUT2D eigenvalue weighted by Crippen LogP contribution is -2.48. The molecular weight excluding hydrogens is 320 g/mol. The van der Waals surface area contributed by atoms with E-state index in [0.717, 1.165) is 32.3 Å². The molecule has 0 aliphatic carbocycles. The van der Waals surface area contributed by atoms with Crippen LogP contribution in [-0.4, -0.2) is 77.2 Å². The molecule has 0 spiro atoms. The molecule has 0 saturated carbocycles. The van der Waals surface area contributed by atoms with E-state index in [9.17, 15) is 14.4 Å². The lowest BCUT2D eigenvalue weighted by molar-refractivity contribution is -0.119. The number of carbonyl (C=O) groups is 3. The first-order valence-corrected chi connectivity index (χ1v) is 8.82. The predicted molar refractivity (Wildman–Crippen MR) is 92.1 cm³/mol. The quantitative estimate of drug-likeness (QED) is 0.763. The average Bonchev–Trinajstić information content (AvgIpc) is 2.67. The summed E-state index contributed by atoms with van der Waals surface area (Å²) in [7, 11) is 0. The monoisotopic (exact) mass is 344 g/mol. The lowest BCUT2D eigenvalue weighted by Gasteiger charge is -2.32. The summed E-state index contributed by atoms with van der Waals surface area (Å²) in [4.78, 5) is 45.4. The second kappa shape index (κ2) is 7.63. The Hall–Kier alpha value is -2.44. The van der Waals surface area contributed by atoms with Crippen molar-refractivity contribution < 1.29 is 14.4 Å². The van der Waals surface area contributed by atoms with Crippen LogP contribution >= 0.6 is 0 Å². The van der Waals surface area contributed by atoms with Crippen molar-refractivity contribution in [1.82, 2.24) is 19.7 Å². The van der Waals surface area contributed by atoms with E-state index in [0.29, 0.717) is 43.4 Å². The van der Waals surface area contributed by atoms with Gasteiger partial charge in [0.25, 0.3) is 11.8 Å². The van der Waals surface area contributed by atoms with Crippen molar-refractivity contribution >= 4 is 18.2 Å². The smallest absolute Gasteiger partial charge is 0.272 e. The summed E-state index contributed by atoms with van der Waals surface area (Å²) in [6.07, 6.45) is 4.34. The van der Waals surface area contributed by atoms with Gasteiger partial charge in [-0.05, 0) is 30.9 Å².